The van der Waals surface area contributed by atoms with Crippen molar-refractivity contribution >= 4 is 0 Å². The van der Waals surface area contributed by atoms with Crippen LogP contribution in [0.2, 0.25) is 0 Å². The first-order valence-electron chi connectivity index (χ1n) is 7.34. The maximum Gasteiger partial charge on any atom is 0.123 e. The molecule has 2 nitrogen and oxygen atoms in total. The summed E-state index contributed by atoms with van der Waals surface area (Å²) in [6.45, 7) is 4.82. The molecule has 0 aliphatic heterocycles. The quantitative estimate of drug-likeness (QED) is 0.713. The maximum absolute atomic E-state index is 13.0. The first-order chi connectivity index (χ1) is 9.17. The van der Waals surface area contributed by atoms with Crippen molar-refractivity contribution in [1.29, 1.82) is 0 Å². The molecule has 19 heavy (non-hydrogen) atoms. The summed E-state index contributed by atoms with van der Waals surface area (Å²) in [5, 5.41) is 13.2. The highest BCUT2D eigenvalue weighted by atomic mass is 19.1. The summed E-state index contributed by atoms with van der Waals surface area (Å²) in [5.74, 6) is -0.205. The van der Waals surface area contributed by atoms with Gasteiger partial charge in [0.2, 0.25) is 0 Å². The van der Waals surface area contributed by atoms with Crippen LogP contribution in [-0.2, 0) is 0 Å². The van der Waals surface area contributed by atoms with E-state index < -0.39 is 0 Å². The lowest BCUT2D eigenvalue weighted by Crippen LogP contribution is -2.30. The molecule has 108 valence electrons. The second-order valence-electron chi connectivity index (χ2n) is 5.10. The molecule has 0 amide bonds. The molecular formula is C16H26FNO. The Hall–Kier alpha value is -0.930. The average molecular weight is 267 g/mol. The van der Waals surface area contributed by atoms with Gasteiger partial charge in [0.25, 0.3) is 0 Å². The molecule has 1 aromatic carbocycles. The van der Waals surface area contributed by atoms with Crippen LogP contribution in [0, 0.1) is 5.82 Å². The lowest BCUT2D eigenvalue weighted by molar-refractivity contribution is 0.155. The van der Waals surface area contributed by atoms with Crippen LogP contribution in [0.3, 0.4) is 0 Å². The summed E-state index contributed by atoms with van der Waals surface area (Å²) in [6.07, 6.45) is 4.78. The minimum Gasteiger partial charge on any atom is -0.392 e. The first-order valence-corrected chi connectivity index (χ1v) is 7.34. The van der Waals surface area contributed by atoms with E-state index in [1.54, 1.807) is 0 Å². The third-order valence-electron chi connectivity index (χ3n) is 3.34. The van der Waals surface area contributed by atoms with Crippen LogP contribution in [0.15, 0.2) is 24.3 Å². The van der Waals surface area contributed by atoms with Gasteiger partial charge in [-0.25, -0.2) is 4.39 Å². The lowest BCUT2D eigenvalue weighted by atomic mass is 10.0. The maximum atomic E-state index is 13.0. The van der Waals surface area contributed by atoms with Gasteiger partial charge >= 0.3 is 0 Å². The van der Waals surface area contributed by atoms with Crippen LogP contribution >= 0.6 is 0 Å². The fourth-order valence-corrected chi connectivity index (χ4v) is 2.20. The van der Waals surface area contributed by atoms with Crippen molar-refractivity contribution in [1.82, 2.24) is 5.32 Å². The predicted octanol–water partition coefficient (Wildman–Crippen LogP) is 3.81. The summed E-state index contributed by atoms with van der Waals surface area (Å²) < 4.78 is 13.0. The SMILES string of the molecule is CCCCC(NCC(O)CCC)c1ccc(F)cc1. The normalized spacial score (nSPS) is 14.3. The standard InChI is InChI=1S/C16H26FNO/c1-3-5-7-16(18-12-15(19)6-4-2)13-8-10-14(17)11-9-13/h8-11,15-16,18-19H,3-7,12H2,1-2H3. The zero-order valence-corrected chi connectivity index (χ0v) is 12.0. The Bertz CT molecular complexity index is 339. The second kappa shape index (κ2) is 9.05. The van der Waals surface area contributed by atoms with Gasteiger partial charge in [-0.1, -0.05) is 45.2 Å². The third kappa shape index (κ3) is 6.17. The van der Waals surface area contributed by atoms with Gasteiger partial charge in [-0.3, -0.25) is 0 Å². The van der Waals surface area contributed by atoms with E-state index in [4.69, 9.17) is 0 Å². The van der Waals surface area contributed by atoms with Crippen molar-refractivity contribution in [2.45, 2.75) is 58.1 Å². The van der Waals surface area contributed by atoms with E-state index in [-0.39, 0.29) is 18.0 Å². The van der Waals surface area contributed by atoms with Crippen LogP contribution in [0.5, 0.6) is 0 Å². The number of hydrogen-bond acceptors (Lipinski definition) is 2. The van der Waals surface area contributed by atoms with Crippen LogP contribution in [-0.4, -0.2) is 17.8 Å². The molecule has 2 atom stereocenters. The number of benzene rings is 1. The highest BCUT2D eigenvalue weighted by Gasteiger charge is 2.12. The van der Waals surface area contributed by atoms with Crippen LogP contribution in [0.25, 0.3) is 0 Å². The Morgan fingerprint density at radius 2 is 1.79 bits per heavy atom. The van der Waals surface area contributed by atoms with Crippen molar-refractivity contribution in [3.63, 3.8) is 0 Å². The molecule has 0 fully saturated rings. The van der Waals surface area contributed by atoms with E-state index in [0.29, 0.717) is 6.54 Å². The zero-order valence-electron chi connectivity index (χ0n) is 12.0. The number of halogens is 1. The highest BCUT2D eigenvalue weighted by molar-refractivity contribution is 5.19. The van der Waals surface area contributed by atoms with E-state index in [0.717, 1.165) is 37.7 Å². The predicted molar refractivity (Wildman–Crippen MR) is 77.6 cm³/mol. The Morgan fingerprint density at radius 1 is 1.11 bits per heavy atom. The zero-order chi connectivity index (χ0) is 14.1. The molecular weight excluding hydrogens is 241 g/mol. The Morgan fingerprint density at radius 3 is 2.37 bits per heavy atom. The molecule has 0 spiro atoms. The first kappa shape index (κ1) is 16.1. The summed E-state index contributed by atoms with van der Waals surface area (Å²) in [6, 6.07) is 6.85. The van der Waals surface area contributed by atoms with Crippen molar-refractivity contribution in [2.75, 3.05) is 6.54 Å². The van der Waals surface area contributed by atoms with Gasteiger partial charge in [0.1, 0.15) is 5.82 Å². The molecule has 2 unspecified atom stereocenters. The van der Waals surface area contributed by atoms with E-state index in [2.05, 4.69) is 19.2 Å². The Labute approximate surface area is 116 Å². The molecule has 1 aromatic rings. The van der Waals surface area contributed by atoms with Gasteiger partial charge in [-0.2, -0.15) is 0 Å². The molecule has 0 radical (unpaired) electrons. The van der Waals surface area contributed by atoms with Crippen LogP contribution in [0.4, 0.5) is 4.39 Å². The molecule has 2 N–H and O–H groups in total. The summed E-state index contributed by atoms with van der Waals surface area (Å²) in [7, 11) is 0. The van der Waals surface area contributed by atoms with E-state index in [1.807, 2.05) is 12.1 Å². The van der Waals surface area contributed by atoms with Gasteiger partial charge in [-0.05, 0) is 30.5 Å². The number of nitrogens with one attached hydrogen (secondary N) is 1. The van der Waals surface area contributed by atoms with Crippen LogP contribution in [0.1, 0.15) is 57.6 Å². The second-order valence-corrected chi connectivity index (χ2v) is 5.10. The van der Waals surface area contributed by atoms with Crippen molar-refractivity contribution in [3.8, 4) is 0 Å². The summed E-state index contributed by atoms with van der Waals surface area (Å²) in [5.41, 5.74) is 1.10. The minimum atomic E-state index is -0.297. The Balaban J connectivity index is 2.58. The molecule has 0 heterocycles. The summed E-state index contributed by atoms with van der Waals surface area (Å²) in [4.78, 5) is 0. The Kier molecular flexibility index (Phi) is 7.68. The van der Waals surface area contributed by atoms with Crippen molar-refractivity contribution < 1.29 is 9.50 Å². The average Bonchev–Trinajstić information content (AvgIpc) is 2.40. The lowest BCUT2D eigenvalue weighted by Gasteiger charge is -2.21. The molecule has 0 bridgehead atoms. The number of hydrogen-bond donors (Lipinski definition) is 2. The van der Waals surface area contributed by atoms with E-state index >= 15 is 0 Å². The fourth-order valence-electron chi connectivity index (χ4n) is 2.20. The largest absolute Gasteiger partial charge is 0.392 e. The molecule has 3 heteroatoms. The molecule has 0 saturated heterocycles. The van der Waals surface area contributed by atoms with Gasteiger partial charge in [0.15, 0.2) is 0 Å². The van der Waals surface area contributed by atoms with Crippen LogP contribution < -0.4 is 5.32 Å². The number of rotatable bonds is 9. The van der Waals surface area contributed by atoms with Gasteiger partial charge in [0.05, 0.1) is 6.10 Å². The molecule has 0 aliphatic rings. The van der Waals surface area contributed by atoms with Crippen molar-refractivity contribution in [2.24, 2.45) is 0 Å². The molecule has 1 rings (SSSR count). The van der Waals surface area contributed by atoms with Gasteiger partial charge in [0, 0.05) is 12.6 Å². The third-order valence-corrected chi connectivity index (χ3v) is 3.34. The minimum absolute atomic E-state index is 0.201. The topological polar surface area (TPSA) is 32.3 Å². The number of aliphatic hydroxyl groups is 1. The number of unbranched alkanes of at least 4 members (excludes halogenated alkanes) is 1. The van der Waals surface area contributed by atoms with Gasteiger partial charge in [-0.15, -0.1) is 0 Å². The van der Waals surface area contributed by atoms with E-state index in [1.165, 1.54) is 12.1 Å². The highest BCUT2D eigenvalue weighted by Crippen LogP contribution is 2.20. The smallest absolute Gasteiger partial charge is 0.123 e. The summed E-state index contributed by atoms with van der Waals surface area (Å²) >= 11 is 0. The van der Waals surface area contributed by atoms with Gasteiger partial charge < -0.3 is 10.4 Å². The monoisotopic (exact) mass is 267 g/mol. The van der Waals surface area contributed by atoms with E-state index in [9.17, 15) is 9.50 Å². The molecule has 0 aliphatic carbocycles. The molecule has 0 aromatic heterocycles. The van der Waals surface area contributed by atoms with Crippen molar-refractivity contribution in [3.05, 3.63) is 35.6 Å². The number of aliphatic hydroxyl groups excluding tert-OH is 1. The molecule has 0 saturated carbocycles. The fraction of sp³-hybridized carbons (Fsp3) is 0.625.